The third-order valence-corrected chi connectivity index (χ3v) is 6.75. The Balaban J connectivity index is 0.00000110. The molecule has 0 bridgehead atoms. The van der Waals surface area contributed by atoms with E-state index in [1.54, 1.807) is 34.9 Å². The zero-order valence-corrected chi connectivity index (χ0v) is 25.5. The predicted molar refractivity (Wildman–Crippen MR) is 169 cm³/mol. The molecule has 1 amide bonds. The number of aliphatic imine (C=N–C) groups is 2. The molecule has 0 aliphatic carbocycles. The number of hydrogen-bond donors (Lipinski definition) is 2. The first kappa shape index (κ1) is 36.0. The van der Waals surface area contributed by atoms with Crippen molar-refractivity contribution in [2.24, 2.45) is 9.98 Å². The smallest absolute Gasteiger partial charge is 0.251 e. The Hall–Kier alpha value is -3.02. The van der Waals surface area contributed by atoms with Crippen molar-refractivity contribution < 1.29 is 15.0 Å². The molecule has 216 valence electrons. The standard InChI is InChI=1S/C21H35N3O3S.C10H13N/c1-5-20(22-16-17-10-7-8-11-18(17)25)23(3)13-14-24(6-2)21(27)19(26)12-9-15-28-4;1-5-7-10(11-4)8-9(3)6-2/h7-8,10-11,19,25-26H,5-6,9,12-16H2,1-4H3;1,7-8H,4,6H2,2-3H3/b;9-8+,10-7+. The summed E-state index contributed by atoms with van der Waals surface area (Å²) in [6, 6.07) is 7.20. The van der Waals surface area contributed by atoms with Crippen LogP contribution in [0.5, 0.6) is 5.75 Å². The summed E-state index contributed by atoms with van der Waals surface area (Å²) in [6.07, 6.45) is 12.8. The van der Waals surface area contributed by atoms with E-state index >= 15 is 0 Å². The molecule has 0 spiro atoms. The summed E-state index contributed by atoms with van der Waals surface area (Å²) < 4.78 is 0. The average molecular weight is 557 g/mol. The number of likely N-dealkylation sites (N-methyl/N-ethyl adjacent to an activating group) is 2. The number of allylic oxidation sites excluding steroid dienone is 3. The number of carbonyl (C=O) groups is 1. The molecule has 39 heavy (non-hydrogen) atoms. The van der Waals surface area contributed by atoms with Gasteiger partial charge in [-0.3, -0.25) is 14.8 Å². The van der Waals surface area contributed by atoms with Gasteiger partial charge in [-0.2, -0.15) is 11.8 Å². The van der Waals surface area contributed by atoms with Crippen LogP contribution in [0.15, 0.2) is 57.7 Å². The van der Waals surface area contributed by atoms with Gasteiger partial charge in [0.2, 0.25) is 0 Å². The van der Waals surface area contributed by atoms with Gasteiger partial charge in [-0.1, -0.05) is 43.5 Å². The van der Waals surface area contributed by atoms with Gasteiger partial charge in [0.15, 0.2) is 0 Å². The Morgan fingerprint density at radius 3 is 2.46 bits per heavy atom. The van der Waals surface area contributed by atoms with Gasteiger partial charge in [0, 0.05) is 44.7 Å². The number of thioether (sulfide) groups is 1. The molecule has 0 aromatic heterocycles. The second-order valence-corrected chi connectivity index (χ2v) is 9.93. The van der Waals surface area contributed by atoms with Gasteiger partial charge in [-0.15, -0.1) is 6.42 Å². The highest BCUT2D eigenvalue weighted by Crippen LogP contribution is 2.17. The maximum Gasteiger partial charge on any atom is 0.251 e. The number of phenolic OH excluding ortho intramolecular Hbond substituents is 1. The third kappa shape index (κ3) is 15.2. The number of rotatable bonds is 15. The molecule has 2 N–H and O–H groups in total. The minimum absolute atomic E-state index is 0.193. The van der Waals surface area contributed by atoms with Gasteiger partial charge in [0.25, 0.3) is 5.91 Å². The van der Waals surface area contributed by atoms with Crippen LogP contribution in [0.2, 0.25) is 0 Å². The van der Waals surface area contributed by atoms with Crippen LogP contribution in [0.3, 0.4) is 0 Å². The van der Waals surface area contributed by atoms with Crippen molar-refractivity contribution in [1.82, 2.24) is 9.80 Å². The number of hydrogen-bond acceptors (Lipinski definition) is 6. The number of amidine groups is 1. The highest BCUT2D eigenvalue weighted by Gasteiger charge is 2.21. The lowest BCUT2D eigenvalue weighted by Gasteiger charge is -2.28. The Morgan fingerprint density at radius 1 is 1.23 bits per heavy atom. The first-order chi connectivity index (χ1) is 18.7. The predicted octanol–water partition coefficient (Wildman–Crippen LogP) is 5.55. The van der Waals surface area contributed by atoms with Crippen LogP contribution in [-0.2, 0) is 11.3 Å². The minimum atomic E-state index is -0.919. The van der Waals surface area contributed by atoms with Gasteiger partial charge in [-0.05, 0) is 64.0 Å². The van der Waals surface area contributed by atoms with Crippen LogP contribution in [0.4, 0.5) is 0 Å². The summed E-state index contributed by atoms with van der Waals surface area (Å²) in [5, 5.41) is 20.0. The summed E-state index contributed by atoms with van der Waals surface area (Å²) in [4.78, 5) is 24.6. The molecule has 1 atom stereocenters. The molecule has 1 aromatic rings. The van der Waals surface area contributed by atoms with Crippen LogP contribution < -0.4 is 0 Å². The Morgan fingerprint density at radius 2 is 1.92 bits per heavy atom. The van der Waals surface area contributed by atoms with Crippen LogP contribution in [0.1, 0.15) is 58.9 Å². The highest BCUT2D eigenvalue weighted by atomic mass is 32.2. The number of phenols is 1. The van der Waals surface area contributed by atoms with Crippen molar-refractivity contribution in [2.45, 2.75) is 66.0 Å². The van der Waals surface area contributed by atoms with Crippen LogP contribution in [-0.4, -0.2) is 83.3 Å². The van der Waals surface area contributed by atoms with Gasteiger partial charge >= 0.3 is 0 Å². The number of aliphatic hydroxyl groups excluding tert-OH is 1. The van der Waals surface area contributed by atoms with Crippen molar-refractivity contribution in [1.29, 1.82) is 0 Å². The van der Waals surface area contributed by atoms with E-state index < -0.39 is 6.10 Å². The molecule has 0 saturated heterocycles. The number of terminal acetylenes is 1. The molecular formula is C31H48N4O3S. The summed E-state index contributed by atoms with van der Waals surface area (Å²) in [7, 11) is 1.96. The number of aromatic hydroxyl groups is 1. The van der Waals surface area contributed by atoms with E-state index in [9.17, 15) is 15.0 Å². The number of nitrogens with zero attached hydrogens (tertiary/aromatic N) is 4. The van der Waals surface area contributed by atoms with E-state index in [2.05, 4.69) is 29.5 Å². The topological polar surface area (TPSA) is 88.7 Å². The fourth-order valence-electron chi connectivity index (χ4n) is 3.48. The Bertz CT molecular complexity index is 998. The zero-order chi connectivity index (χ0) is 29.6. The first-order valence-electron chi connectivity index (χ1n) is 13.5. The van der Waals surface area contributed by atoms with E-state index in [-0.39, 0.29) is 11.7 Å². The number of amides is 1. The first-order valence-corrected chi connectivity index (χ1v) is 14.8. The lowest BCUT2D eigenvalue weighted by Crippen LogP contribution is -2.43. The maximum absolute atomic E-state index is 12.5. The normalized spacial score (nSPS) is 12.6. The molecule has 0 radical (unpaired) electrons. The number of aliphatic hydroxyl groups is 1. The van der Waals surface area contributed by atoms with Gasteiger partial charge in [0.1, 0.15) is 11.9 Å². The molecule has 0 aliphatic rings. The van der Waals surface area contributed by atoms with E-state index in [0.717, 1.165) is 42.1 Å². The fraction of sp³-hybridized carbons (Fsp3) is 0.516. The SMILES string of the molecule is C#C/C=C(\C=C(/C)CC)N=C.CCC(=NCc1ccccc1O)N(C)CCN(CC)C(=O)C(O)CCCSC. The van der Waals surface area contributed by atoms with Crippen molar-refractivity contribution in [3.8, 4) is 18.1 Å². The molecule has 0 fully saturated rings. The lowest BCUT2D eigenvalue weighted by atomic mass is 10.2. The molecule has 1 aromatic carbocycles. The molecule has 8 heteroatoms. The second kappa shape index (κ2) is 21.9. The van der Waals surface area contributed by atoms with Crippen molar-refractivity contribution in [3.63, 3.8) is 0 Å². The zero-order valence-electron chi connectivity index (χ0n) is 24.7. The van der Waals surface area contributed by atoms with Gasteiger partial charge in [0.05, 0.1) is 18.1 Å². The molecule has 0 heterocycles. The van der Waals surface area contributed by atoms with E-state index in [4.69, 9.17) is 6.42 Å². The van der Waals surface area contributed by atoms with E-state index in [0.29, 0.717) is 32.6 Å². The summed E-state index contributed by atoms with van der Waals surface area (Å²) in [5.41, 5.74) is 2.80. The van der Waals surface area contributed by atoms with Crippen LogP contribution in [0, 0.1) is 12.3 Å². The van der Waals surface area contributed by atoms with Crippen molar-refractivity contribution in [3.05, 3.63) is 53.3 Å². The van der Waals surface area contributed by atoms with Crippen LogP contribution in [0.25, 0.3) is 0 Å². The van der Waals surface area contributed by atoms with Gasteiger partial charge < -0.3 is 20.0 Å². The largest absolute Gasteiger partial charge is 0.508 e. The average Bonchev–Trinajstić information content (AvgIpc) is 2.94. The van der Waals surface area contributed by atoms with E-state index in [1.165, 1.54) is 5.57 Å². The Kier molecular flexibility index (Phi) is 20.2. The minimum Gasteiger partial charge on any atom is -0.508 e. The van der Waals surface area contributed by atoms with Crippen molar-refractivity contribution in [2.75, 3.05) is 38.7 Å². The molecule has 1 rings (SSSR count). The van der Waals surface area contributed by atoms with Crippen molar-refractivity contribution >= 4 is 30.2 Å². The van der Waals surface area contributed by atoms with Crippen LogP contribution >= 0.6 is 11.8 Å². The lowest BCUT2D eigenvalue weighted by molar-refractivity contribution is -0.140. The maximum atomic E-state index is 12.5. The summed E-state index contributed by atoms with van der Waals surface area (Å²) >= 11 is 1.72. The summed E-state index contributed by atoms with van der Waals surface area (Å²) in [5.74, 6) is 4.34. The second-order valence-electron chi connectivity index (χ2n) is 8.94. The number of benzene rings is 1. The molecule has 7 nitrogen and oxygen atoms in total. The molecule has 0 aliphatic heterocycles. The van der Waals surface area contributed by atoms with E-state index in [1.807, 2.05) is 57.2 Å². The molecule has 1 unspecified atom stereocenters. The molecular weight excluding hydrogens is 508 g/mol. The number of carbonyl (C=O) groups excluding carboxylic acids is 1. The Labute approximate surface area is 240 Å². The quantitative estimate of drug-likeness (QED) is 0.0973. The number of para-hydroxylation sites is 1. The fourth-order valence-corrected chi connectivity index (χ4v) is 3.93. The monoisotopic (exact) mass is 556 g/mol. The third-order valence-electron chi connectivity index (χ3n) is 6.06. The molecule has 0 saturated carbocycles. The van der Waals surface area contributed by atoms with Gasteiger partial charge in [-0.25, -0.2) is 0 Å². The highest BCUT2D eigenvalue weighted by molar-refractivity contribution is 7.98. The summed E-state index contributed by atoms with van der Waals surface area (Å²) in [6.45, 7) is 13.7.